The SMILES string of the molecule is CC(C)OCCN1CCN(c2ccc(C#N)cn2)CC1. The Labute approximate surface area is 120 Å². The van der Waals surface area contributed by atoms with Gasteiger partial charge in [-0.3, -0.25) is 4.90 Å². The fourth-order valence-electron chi connectivity index (χ4n) is 2.26. The van der Waals surface area contributed by atoms with Gasteiger partial charge in [0, 0.05) is 38.9 Å². The van der Waals surface area contributed by atoms with Crippen molar-refractivity contribution in [1.82, 2.24) is 9.88 Å². The second kappa shape index (κ2) is 7.22. The van der Waals surface area contributed by atoms with E-state index in [-0.39, 0.29) is 0 Å². The molecule has 0 aliphatic carbocycles. The van der Waals surface area contributed by atoms with Gasteiger partial charge in [0.1, 0.15) is 11.9 Å². The Morgan fingerprint density at radius 2 is 2.05 bits per heavy atom. The van der Waals surface area contributed by atoms with E-state index in [1.54, 1.807) is 6.20 Å². The number of nitriles is 1. The van der Waals surface area contributed by atoms with Gasteiger partial charge in [0.2, 0.25) is 0 Å². The van der Waals surface area contributed by atoms with Crippen molar-refractivity contribution in [3.05, 3.63) is 23.9 Å². The molecule has 0 bridgehead atoms. The molecule has 1 aliphatic heterocycles. The summed E-state index contributed by atoms with van der Waals surface area (Å²) in [5.41, 5.74) is 0.609. The van der Waals surface area contributed by atoms with Crippen LogP contribution in [0.2, 0.25) is 0 Å². The van der Waals surface area contributed by atoms with Crippen molar-refractivity contribution >= 4 is 5.82 Å². The standard InChI is InChI=1S/C15H22N4O/c1-13(2)20-10-9-18-5-7-19(8-6-18)15-4-3-14(11-16)12-17-15/h3-4,12-13H,5-10H2,1-2H3. The van der Waals surface area contributed by atoms with E-state index in [4.69, 9.17) is 10.00 Å². The highest BCUT2D eigenvalue weighted by Gasteiger charge is 2.17. The highest BCUT2D eigenvalue weighted by molar-refractivity contribution is 5.42. The van der Waals surface area contributed by atoms with Gasteiger partial charge in [-0.15, -0.1) is 0 Å². The maximum Gasteiger partial charge on any atom is 0.128 e. The van der Waals surface area contributed by atoms with Gasteiger partial charge in [-0.2, -0.15) is 5.26 Å². The Morgan fingerprint density at radius 3 is 2.60 bits per heavy atom. The van der Waals surface area contributed by atoms with Crippen LogP contribution in [0, 0.1) is 11.3 Å². The summed E-state index contributed by atoms with van der Waals surface area (Å²) in [6.45, 7) is 9.93. The molecule has 0 N–H and O–H groups in total. The summed E-state index contributed by atoms with van der Waals surface area (Å²) >= 11 is 0. The molecule has 0 amide bonds. The van der Waals surface area contributed by atoms with Gasteiger partial charge in [0.25, 0.3) is 0 Å². The van der Waals surface area contributed by atoms with Crippen molar-refractivity contribution < 1.29 is 4.74 Å². The lowest BCUT2D eigenvalue weighted by Crippen LogP contribution is -2.47. The number of anilines is 1. The first-order valence-corrected chi connectivity index (χ1v) is 7.14. The fourth-order valence-corrected chi connectivity index (χ4v) is 2.26. The summed E-state index contributed by atoms with van der Waals surface area (Å²) < 4.78 is 5.58. The van der Waals surface area contributed by atoms with Crippen LogP contribution < -0.4 is 4.90 Å². The average molecular weight is 274 g/mol. The summed E-state index contributed by atoms with van der Waals surface area (Å²) in [6, 6.07) is 5.84. The molecular formula is C15H22N4O. The number of nitrogens with zero attached hydrogens (tertiary/aromatic N) is 4. The lowest BCUT2D eigenvalue weighted by molar-refractivity contribution is 0.0578. The van der Waals surface area contributed by atoms with Crippen LogP contribution in [0.1, 0.15) is 19.4 Å². The van der Waals surface area contributed by atoms with Crippen molar-refractivity contribution in [3.63, 3.8) is 0 Å². The molecule has 0 aromatic carbocycles. The third kappa shape index (κ3) is 4.19. The molecule has 1 saturated heterocycles. The van der Waals surface area contributed by atoms with Crippen molar-refractivity contribution in [1.29, 1.82) is 5.26 Å². The van der Waals surface area contributed by atoms with Crippen LogP contribution >= 0.6 is 0 Å². The van der Waals surface area contributed by atoms with Crippen molar-refractivity contribution in [2.75, 3.05) is 44.2 Å². The van der Waals surface area contributed by atoms with E-state index in [0.29, 0.717) is 11.7 Å². The molecule has 2 rings (SSSR count). The van der Waals surface area contributed by atoms with Crippen molar-refractivity contribution in [3.8, 4) is 6.07 Å². The molecule has 108 valence electrons. The third-order valence-corrected chi connectivity index (χ3v) is 3.43. The van der Waals surface area contributed by atoms with Gasteiger partial charge in [-0.25, -0.2) is 4.98 Å². The number of piperazine rings is 1. The van der Waals surface area contributed by atoms with Gasteiger partial charge in [-0.1, -0.05) is 0 Å². The van der Waals surface area contributed by atoms with Crippen LogP contribution in [0.5, 0.6) is 0 Å². The van der Waals surface area contributed by atoms with Gasteiger partial charge in [0.15, 0.2) is 0 Å². The van der Waals surface area contributed by atoms with E-state index >= 15 is 0 Å². The van der Waals surface area contributed by atoms with E-state index in [2.05, 4.69) is 34.7 Å². The molecule has 5 heteroatoms. The Morgan fingerprint density at radius 1 is 1.30 bits per heavy atom. The van der Waals surface area contributed by atoms with Crippen molar-refractivity contribution in [2.24, 2.45) is 0 Å². The average Bonchev–Trinajstić information content (AvgIpc) is 2.48. The Kier molecular flexibility index (Phi) is 5.33. The first-order valence-electron chi connectivity index (χ1n) is 7.14. The van der Waals surface area contributed by atoms with E-state index in [1.165, 1.54) is 0 Å². The zero-order valence-corrected chi connectivity index (χ0v) is 12.2. The van der Waals surface area contributed by atoms with Crippen LogP contribution in [0.3, 0.4) is 0 Å². The van der Waals surface area contributed by atoms with Gasteiger partial charge in [-0.05, 0) is 26.0 Å². The van der Waals surface area contributed by atoms with Gasteiger partial charge < -0.3 is 9.64 Å². The summed E-state index contributed by atoms with van der Waals surface area (Å²) in [5.74, 6) is 0.960. The molecule has 1 aromatic rings. The maximum absolute atomic E-state index is 8.77. The zero-order valence-electron chi connectivity index (χ0n) is 12.2. The summed E-state index contributed by atoms with van der Waals surface area (Å²) in [5, 5.41) is 8.77. The molecule has 1 aromatic heterocycles. The zero-order chi connectivity index (χ0) is 14.4. The first kappa shape index (κ1) is 14.8. The Balaban J connectivity index is 1.77. The number of ether oxygens (including phenoxy) is 1. The van der Waals surface area contributed by atoms with Crippen LogP contribution in [-0.2, 0) is 4.74 Å². The minimum atomic E-state index is 0.305. The molecule has 1 fully saturated rings. The smallest absolute Gasteiger partial charge is 0.128 e. The fraction of sp³-hybridized carbons (Fsp3) is 0.600. The molecule has 1 aliphatic rings. The largest absolute Gasteiger partial charge is 0.377 e. The highest BCUT2D eigenvalue weighted by Crippen LogP contribution is 2.13. The summed E-state index contributed by atoms with van der Waals surface area (Å²) in [7, 11) is 0. The second-order valence-electron chi connectivity index (χ2n) is 5.27. The van der Waals surface area contributed by atoms with Gasteiger partial charge in [0.05, 0.1) is 18.3 Å². The Bertz CT molecular complexity index is 444. The van der Waals surface area contributed by atoms with Crippen LogP contribution in [-0.4, -0.2) is 55.3 Å². The van der Waals surface area contributed by atoms with E-state index in [0.717, 1.165) is 45.1 Å². The topological polar surface area (TPSA) is 52.4 Å². The number of aromatic nitrogens is 1. The van der Waals surface area contributed by atoms with Gasteiger partial charge >= 0.3 is 0 Å². The minimum Gasteiger partial charge on any atom is -0.377 e. The maximum atomic E-state index is 8.77. The lowest BCUT2D eigenvalue weighted by atomic mass is 10.2. The molecule has 2 heterocycles. The number of hydrogen-bond donors (Lipinski definition) is 0. The van der Waals surface area contributed by atoms with Crippen molar-refractivity contribution in [2.45, 2.75) is 20.0 Å². The van der Waals surface area contributed by atoms with Crippen LogP contribution in [0.15, 0.2) is 18.3 Å². The molecule has 20 heavy (non-hydrogen) atoms. The highest BCUT2D eigenvalue weighted by atomic mass is 16.5. The predicted molar refractivity (Wildman–Crippen MR) is 78.7 cm³/mol. The molecule has 0 saturated carbocycles. The normalized spacial score (nSPS) is 16.4. The molecule has 5 nitrogen and oxygen atoms in total. The number of hydrogen-bond acceptors (Lipinski definition) is 5. The first-order chi connectivity index (χ1) is 9.69. The van der Waals surface area contributed by atoms with Crippen LogP contribution in [0.25, 0.3) is 0 Å². The minimum absolute atomic E-state index is 0.305. The Hall–Kier alpha value is -1.64. The van der Waals surface area contributed by atoms with E-state index < -0.39 is 0 Å². The molecule has 0 radical (unpaired) electrons. The number of pyridine rings is 1. The summed E-state index contributed by atoms with van der Waals surface area (Å²) in [6.07, 6.45) is 1.94. The molecule has 0 unspecified atom stereocenters. The monoisotopic (exact) mass is 274 g/mol. The molecule has 0 spiro atoms. The quantitative estimate of drug-likeness (QED) is 0.814. The van der Waals surface area contributed by atoms with Crippen LogP contribution in [0.4, 0.5) is 5.82 Å². The van der Waals surface area contributed by atoms with E-state index in [1.807, 2.05) is 12.1 Å². The third-order valence-electron chi connectivity index (χ3n) is 3.43. The lowest BCUT2D eigenvalue weighted by Gasteiger charge is -2.35. The number of rotatable bonds is 5. The van der Waals surface area contributed by atoms with E-state index in [9.17, 15) is 0 Å². The summed E-state index contributed by atoms with van der Waals surface area (Å²) in [4.78, 5) is 9.03. The molecule has 0 atom stereocenters. The second-order valence-corrected chi connectivity index (χ2v) is 5.27. The molecular weight excluding hydrogens is 252 g/mol. The predicted octanol–water partition coefficient (Wildman–Crippen LogP) is 1.50.